The fraction of sp³-hybridized carbons (Fsp3) is 0. The van der Waals surface area contributed by atoms with Crippen LogP contribution in [0.25, 0.3) is 105 Å². The average molecular weight is 1000 g/mol. The maximum atomic E-state index is 10.6. The third-order valence-corrected chi connectivity index (χ3v) is 19.4. The molecule has 0 fully saturated rings. The van der Waals surface area contributed by atoms with Gasteiger partial charge in [-0.2, -0.15) is 0 Å². The van der Waals surface area contributed by atoms with Gasteiger partial charge in [-0.3, -0.25) is 0 Å². The van der Waals surface area contributed by atoms with Crippen molar-refractivity contribution in [2.75, 3.05) is 0 Å². The van der Waals surface area contributed by atoms with E-state index in [2.05, 4.69) is 83.4 Å². The van der Waals surface area contributed by atoms with Crippen LogP contribution in [-0.2, 0) is 0 Å². The second kappa shape index (κ2) is 17.7. The molecule has 0 saturated heterocycles. The highest BCUT2D eigenvalue weighted by molar-refractivity contribution is 7.20. The highest BCUT2D eigenvalue weighted by Gasteiger charge is 2.43. The normalized spacial score (nSPS) is 15.4. The molecule has 3 aromatic heterocycles. The van der Waals surface area contributed by atoms with Crippen molar-refractivity contribution in [3.63, 3.8) is 0 Å². The van der Waals surface area contributed by atoms with Gasteiger partial charge in [0.1, 0.15) is 0 Å². The zero-order valence-corrected chi connectivity index (χ0v) is 41.2. The Balaban J connectivity index is 1.03. The molecule has 0 unspecified atom stereocenters. The van der Waals surface area contributed by atoms with Crippen LogP contribution in [0.5, 0.6) is 0 Å². The van der Waals surface area contributed by atoms with Crippen molar-refractivity contribution < 1.29 is 26.0 Å². The van der Waals surface area contributed by atoms with Crippen molar-refractivity contribution in [3.8, 4) is 39.3 Å². The molecule has 0 aliphatic rings. The van der Waals surface area contributed by atoms with Crippen LogP contribution in [0.15, 0.2) is 297 Å². The Morgan fingerprint density at radius 2 is 0.803 bits per heavy atom. The molecular weight excluding hydrogens is 935 g/mol. The molecule has 0 radical (unpaired) electrons. The molecule has 3 heterocycles. The van der Waals surface area contributed by atoms with Gasteiger partial charge < -0.3 is 13.7 Å². The highest BCUT2D eigenvalue weighted by atomic mass is 28.3. The zero-order valence-electron chi connectivity index (χ0n) is 59.2. The standard InChI is InChI=1S/C72H49N3Si/c1-4-22-50(23-5-1)51-24-18-25-52(46-51)53-26-19-27-54(47-53)73-67-40-16-12-36-62(67)64-49-56(44-45-69(64)73)75-68-41-17-13-37-63(68)72-70(75)42-21-43-71(72)76(57-29-6-2-7-30-57,58-31-8-3-9-32-58)59-33-20-28-55(48-59)74-65-38-14-10-34-60(65)61-35-11-15-39-66(61)74/h1-49H/i1D,4D,5D,12D,16D,18D,19D,22D,23D,24D,25D,26D,27D,36D,40D,44D,45D,46D,49D. The Morgan fingerprint density at radius 1 is 0.276 bits per heavy atom. The second-order valence-corrected chi connectivity index (χ2v) is 22.3. The van der Waals surface area contributed by atoms with Gasteiger partial charge in [-0.05, 0) is 122 Å². The first kappa shape index (κ1) is 28.6. The van der Waals surface area contributed by atoms with Gasteiger partial charge in [0.05, 0.1) is 59.1 Å². The smallest absolute Gasteiger partial charge is 0.180 e. The minimum Gasteiger partial charge on any atom is -0.309 e. The van der Waals surface area contributed by atoms with E-state index in [0.29, 0.717) is 11.0 Å². The predicted molar refractivity (Wildman–Crippen MR) is 324 cm³/mol. The molecule has 15 aromatic rings. The summed E-state index contributed by atoms with van der Waals surface area (Å²) in [5.74, 6) is 0. The van der Waals surface area contributed by atoms with Crippen LogP contribution in [-0.4, -0.2) is 21.8 Å². The number of hydrogen-bond acceptors (Lipinski definition) is 0. The van der Waals surface area contributed by atoms with E-state index in [0.717, 1.165) is 69.6 Å². The summed E-state index contributed by atoms with van der Waals surface area (Å²) in [5.41, 5.74) is 0.403. The Bertz CT molecular complexity index is 5740. The Kier molecular flexibility index (Phi) is 6.68. The number of benzene rings is 12. The Hall–Kier alpha value is -9.74. The summed E-state index contributed by atoms with van der Waals surface area (Å²) < 4.78 is 181. The maximum Gasteiger partial charge on any atom is 0.180 e. The summed E-state index contributed by atoms with van der Waals surface area (Å²) in [7, 11) is -3.59. The van der Waals surface area contributed by atoms with Crippen molar-refractivity contribution in [2.24, 2.45) is 0 Å². The van der Waals surface area contributed by atoms with Crippen LogP contribution in [0.2, 0.25) is 0 Å². The molecule has 0 saturated carbocycles. The van der Waals surface area contributed by atoms with Crippen LogP contribution in [0.3, 0.4) is 0 Å². The van der Waals surface area contributed by atoms with E-state index in [9.17, 15) is 13.7 Å². The monoisotopic (exact) mass is 1000 g/mol. The lowest BCUT2D eigenvalue weighted by atomic mass is 9.99. The van der Waals surface area contributed by atoms with Crippen LogP contribution >= 0.6 is 0 Å². The highest BCUT2D eigenvalue weighted by Crippen LogP contribution is 2.39. The van der Waals surface area contributed by atoms with Gasteiger partial charge in [0.15, 0.2) is 8.07 Å². The molecule has 0 spiro atoms. The quantitative estimate of drug-likeness (QED) is 0.101. The number of para-hydroxylation sites is 4. The second-order valence-electron chi connectivity index (χ2n) is 18.5. The van der Waals surface area contributed by atoms with E-state index in [1.54, 1.807) is 4.57 Å². The third kappa shape index (κ3) is 6.74. The number of nitrogens with zero attached hydrogens (tertiary/aromatic N) is 3. The molecule has 0 aliphatic heterocycles. The van der Waals surface area contributed by atoms with Crippen molar-refractivity contribution in [1.82, 2.24) is 13.7 Å². The number of aromatic nitrogens is 3. The van der Waals surface area contributed by atoms with Crippen LogP contribution in [0.4, 0.5) is 0 Å². The van der Waals surface area contributed by atoms with Gasteiger partial charge >= 0.3 is 0 Å². The minimum absolute atomic E-state index is 0.122. The van der Waals surface area contributed by atoms with Gasteiger partial charge in [0, 0.05) is 49.4 Å². The first-order chi connectivity index (χ1) is 45.6. The lowest BCUT2D eigenvalue weighted by molar-refractivity contribution is 1.17. The van der Waals surface area contributed by atoms with Crippen molar-refractivity contribution in [3.05, 3.63) is 297 Å². The van der Waals surface area contributed by atoms with Crippen LogP contribution in [0, 0.1) is 0 Å². The van der Waals surface area contributed by atoms with E-state index in [1.165, 1.54) is 0 Å². The number of hydrogen-bond donors (Lipinski definition) is 0. The van der Waals surface area contributed by atoms with Gasteiger partial charge in [-0.1, -0.05) is 218 Å². The summed E-state index contributed by atoms with van der Waals surface area (Å²) >= 11 is 0. The summed E-state index contributed by atoms with van der Waals surface area (Å²) in [4.78, 5) is 0. The van der Waals surface area contributed by atoms with E-state index in [1.807, 2.05) is 97.1 Å². The molecule has 4 heteroatoms. The van der Waals surface area contributed by atoms with Gasteiger partial charge in [0.2, 0.25) is 0 Å². The van der Waals surface area contributed by atoms with Gasteiger partial charge in [-0.25, -0.2) is 0 Å². The fourth-order valence-electron chi connectivity index (χ4n) is 11.5. The van der Waals surface area contributed by atoms with Gasteiger partial charge in [-0.15, -0.1) is 0 Å². The molecule has 0 atom stereocenters. The molecular formula is C72H49N3Si. The Morgan fingerprint density at radius 3 is 1.54 bits per heavy atom. The van der Waals surface area contributed by atoms with E-state index >= 15 is 0 Å². The van der Waals surface area contributed by atoms with Crippen molar-refractivity contribution in [1.29, 1.82) is 0 Å². The molecule has 0 N–H and O–H groups in total. The molecule has 0 amide bonds. The molecule has 12 aromatic carbocycles. The lowest BCUT2D eigenvalue weighted by Gasteiger charge is -2.35. The summed E-state index contributed by atoms with van der Waals surface area (Å²) in [5, 5.41) is 7.36. The molecule has 3 nitrogen and oxygen atoms in total. The van der Waals surface area contributed by atoms with E-state index in [-0.39, 0.29) is 27.5 Å². The summed E-state index contributed by atoms with van der Waals surface area (Å²) in [6.07, 6.45) is 0. The van der Waals surface area contributed by atoms with E-state index in [4.69, 9.17) is 12.3 Å². The molecule has 15 rings (SSSR count). The van der Waals surface area contributed by atoms with Crippen LogP contribution < -0.4 is 20.7 Å². The molecule has 0 aliphatic carbocycles. The summed E-state index contributed by atoms with van der Waals surface area (Å²) in [6, 6.07) is 46.7. The zero-order chi connectivity index (χ0) is 66.7. The molecule has 0 bridgehead atoms. The minimum atomic E-state index is -3.59. The number of fused-ring (bicyclic) bond motifs is 9. The van der Waals surface area contributed by atoms with Crippen LogP contribution in [0.1, 0.15) is 26.0 Å². The molecule has 356 valence electrons. The van der Waals surface area contributed by atoms with Crippen molar-refractivity contribution in [2.45, 2.75) is 0 Å². The average Bonchev–Trinajstić information content (AvgIpc) is 1.57. The number of rotatable bonds is 9. The fourth-order valence-corrected chi connectivity index (χ4v) is 16.5. The predicted octanol–water partition coefficient (Wildman–Crippen LogP) is 15.7. The maximum absolute atomic E-state index is 10.6. The van der Waals surface area contributed by atoms with Crippen molar-refractivity contribution >= 4 is 94.2 Å². The first-order valence-corrected chi connectivity index (χ1v) is 26.7. The third-order valence-electron chi connectivity index (χ3n) is 14.6. The Labute approximate surface area is 468 Å². The molecule has 76 heavy (non-hydrogen) atoms. The summed E-state index contributed by atoms with van der Waals surface area (Å²) in [6.45, 7) is 0. The lowest BCUT2D eigenvalue weighted by Crippen LogP contribution is -2.74. The largest absolute Gasteiger partial charge is 0.309 e. The van der Waals surface area contributed by atoms with E-state index < -0.39 is 151 Å². The first-order valence-electron chi connectivity index (χ1n) is 34.2. The van der Waals surface area contributed by atoms with Gasteiger partial charge in [0.25, 0.3) is 0 Å². The topological polar surface area (TPSA) is 14.8 Å². The SMILES string of the molecule is [2H]c1c(-c2c([2H])c([2H])c([2H])c(-c3c([2H])c([2H])c([2H])c([2H])c3[2H])c2[2H])cc(-n2c3c([2H])c([2H])c([2H])c([2H])c3c3c([2H])c(-n4c5ccccc5c5c([Si](c6ccccc6)(c6ccccc6)c6cccc(-n7c8ccccc8c8ccccc87)c6)cccc54)c([2H])c([2H])c32)c([2H])c1[2H].